The standard InChI is InChI=1S/C28H29N3O3/c1-4-19(5-2)18-34-28(32)30-21-12-10-20(11-13-21)27-25(17-29)24-16-23(33-6-3)14-15-26(24)31(27)22-8-7-9-22/h4-5,10-16,22H,1,6-9,18H2,2-3H3,(H,30,32). The van der Waals surface area contributed by atoms with Gasteiger partial charge in [0, 0.05) is 17.1 Å². The molecule has 6 heteroatoms. The molecule has 6 nitrogen and oxygen atoms in total. The van der Waals surface area contributed by atoms with Crippen LogP contribution in [0.2, 0.25) is 0 Å². The van der Waals surface area contributed by atoms with E-state index < -0.39 is 6.09 Å². The van der Waals surface area contributed by atoms with Crippen LogP contribution in [-0.2, 0) is 4.74 Å². The minimum absolute atomic E-state index is 0.167. The van der Waals surface area contributed by atoms with Gasteiger partial charge in [-0.25, -0.2) is 4.79 Å². The van der Waals surface area contributed by atoms with Gasteiger partial charge in [0.25, 0.3) is 0 Å². The lowest BCUT2D eigenvalue weighted by Gasteiger charge is -2.30. The molecule has 0 unspecified atom stereocenters. The zero-order valence-corrected chi connectivity index (χ0v) is 19.6. The van der Waals surface area contributed by atoms with Crippen molar-refractivity contribution >= 4 is 22.7 Å². The summed E-state index contributed by atoms with van der Waals surface area (Å²) in [4.78, 5) is 12.1. The predicted molar refractivity (Wildman–Crippen MR) is 135 cm³/mol. The third-order valence-corrected chi connectivity index (χ3v) is 6.24. The van der Waals surface area contributed by atoms with E-state index in [1.807, 2.05) is 56.3 Å². The Morgan fingerprint density at radius 2 is 2.03 bits per heavy atom. The molecule has 0 bridgehead atoms. The van der Waals surface area contributed by atoms with Gasteiger partial charge in [-0.1, -0.05) is 30.9 Å². The SMILES string of the molecule is C=CC(=CC)COC(=O)Nc1ccc(-c2c(C#N)c3cc(OCC)ccc3n2C2CCC2)cc1. The van der Waals surface area contributed by atoms with E-state index in [0.717, 1.165) is 46.3 Å². The number of nitrogens with one attached hydrogen (secondary N) is 1. The average Bonchev–Trinajstić information content (AvgIpc) is 3.12. The van der Waals surface area contributed by atoms with Gasteiger partial charge >= 0.3 is 6.09 Å². The Balaban J connectivity index is 1.66. The van der Waals surface area contributed by atoms with Crippen LogP contribution >= 0.6 is 0 Å². The van der Waals surface area contributed by atoms with Gasteiger partial charge in [0.15, 0.2) is 0 Å². The number of carbonyl (C=O) groups excluding carboxylic acids is 1. The molecule has 1 saturated carbocycles. The van der Waals surface area contributed by atoms with Crippen LogP contribution in [0.15, 0.2) is 66.8 Å². The highest BCUT2D eigenvalue weighted by molar-refractivity contribution is 5.96. The number of nitriles is 1. The molecule has 1 aliphatic carbocycles. The number of hydrogen-bond acceptors (Lipinski definition) is 4. The minimum Gasteiger partial charge on any atom is -0.494 e. The first kappa shape index (κ1) is 23.2. The Labute approximate surface area is 200 Å². The van der Waals surface area contributed by atoms with Crippen molar-refractivity contribution in [1.82, 2.24) is 4.57 Å². The van der Waals surface area contributed by atoms with E-state index in [2.05, 4.69) is 28.6 Å². The second kappa shape index (κ2) is 10.3. The first-order valence-electron chi connectivity index (χ1n) is 11.6. The summed E-state index contributed by atoms with van der Waals surface area (Å²) in [7, 11) is 0. The molecule has 1 fully saturated rings. The fraction of sp³-hybridized carbons (Fsp3) is 0.286. The summed E-state index contributed by atoms with van der Waals surface area (Å²) in [6.07, 6.45) is 6.36. The number of anilines is 1. The van der Waals surface area contributed by atoms with Crippen LogP contribution in [-0.4, -0.2) is 23.9 Å². The second-order valence-corrected chi connectivity index (χ2v) is 8.25. The van der Waals surface area contributed by atoms with Gasteiger partial charge in [-0.15, -0.1) is 0 Å². The molecule has 0 atom stereocenters. The zero-order chi connectivity index (χ0) is 24.1. The van der Waals surface area contributed by atoms with Crippen LogP contribution in [0.5, 0.6) is 5.75 Å². The molecule has 3 aromatic rings. The third-order valence-electron chi connectivity index (χ3n) is 6.24. The van der Waals surface area contributed by atoms with Gasteiger partial charge in [-0.05, 0) is 74.6 Å². The number of hydrogen-bond donors (Lipinski definition) is 1. The molecule has 1 aromatic heterocycles. The summed E-state index contributed by atoms with van der Waals surface area (Å²) in [5.41, 5.74) is 5.00. The van der Waals surface area contributed by atoms with Crippen molar-refractivity contribution in [2.75, 3.05) is 18.5 Å². The van der Waals surface area contributed by atoms with Crippen molar-refractivity contribution in [3.63, 3.8) is 0 Å². The minimum atomic E-state index is -0.529. The van der Waals surface area contributed by atoms with E-state index in [4.69, 9.17) is 9.47 Å². The number of benzene rings is 2. The number of allylic oxidation sites excluding steroid dienone is 1. The Hall–Kier alpha value is -3.98. The molecule has 34 heavy (non-hydrogen) atoms. The van der Waals surface area contributed by atoms with Crippen LogP contribution < -0.4 is 10.1 Å². The number of fused-ring (bicyclic) bond motifs is 1. The van der Waals surface area contributed by atoms with E-state index in [1.165, 1.54) is 6.42 Å². The van der Waals surface area contributed by atoms with Crippen molar-refractivity contribution in [3.8, 4) is 23.1 Å². The average molecular weight is 456 g/mol. The molecule has 4 rings (SSSR count). The van der Waals surface area contributed by atoms with Crippen LogP contribution in [0.4, 0.5) is 10.5 Å². The molecule has 1 heterocycles. The van der Waals surface area contributed by atoms with Crippen molar-refractivity contribution in [3.05, 3.63) is 72.3 Å². The summed E-state index contributed by atoms with van der Waals surface area (Å²) in [6, 6.07) is 16.3. The quantitative estimate of drug-likeness (QED) is 0.372. The van der Waals surface area contributed by atoms with Crippen molar-refractivity contribution in [1.29, 1.82) is 5.26 Å². The lowest BCUT2D eigenvalue weighted by molar-refractivity contribution is 0.172. The van der Waals surface area contributed by atoms with Crippen molar-refractivity contribution in [2.45, 2.75) is 39.2 Å². The van der Waals surface area contributed by atoms with E-state index in [9.17, 15) is 10.1 Å². The monoisotopic (exact) mass is 455 g/mol. The van der Waals surface area contributed by atoms with Crippen LogP contribution in [0.3, 0.4) is 0 Å². The van der Waals surface area contributed by atoms with E-state index in [1.54, 1.807) is 6.08 Å². The Morgan fingerprint density at radius 1 is 1.26 bits per heavy atom. The highest BCUT2D eigenvalue weighted by Gasteiger charge is 2.28. The van der Waals surface area contributed by atoms with Crippen LogP contribution in [0, 0.1) is 11.3 Å². The zero-order valence-electron chi connectivity index (χ0n) is 19.6. The lowest BCUT2D eigenvalue weighted by Crippen LogP contribution is -2.18. The number of ether oxygens (including phenoxy) is 2. The largest absolute Gasteiger partial charge is 0.494 e. The van der Waals surface area contributed by atoms with Gasteiger partial charge in [0.1, 0.15) is 18.4 Å². The first-order chi connectivity index (χ1) is 16.6. The molecule has 0 spiro atoms. The summed E-state index contributed by atoms with van der Waals surface area (Å²) < 4.78 is 13.2. The van der Waals surface area contributed by atoms with Gasteiger partial charge in [-0.2, -0.15) is 5.26 Å². The molecule has 1 N–H and O–H groups in total. The first-order valence-corrected chi connectivity index (χ1v) is 11.6. The fourth-order valence-corrected chi connectivity index (χ4v) is 4.25. The maximum Gasteiger partial charge on any atom is 0.411 e. The lowest BCUT2D eigenvalue weighted by atomic mass is 9.92. The van der Waals surface area contributed by atoms with E-state index in [0.29, 0.717) is 23.9 Å². The molecule has 2 aromatic carbocycles. The molecule has 1 amide bonds. The maximum atomic E-state index is 12.1. The molecule has 0 aliphatic heterocycles. The van der Waals surface area contributed by atoms with Crippen molar-refractivity contribution < 1.29 is 14.3 Å². The Bertz CT molecular complexity index is 1270. The molecule has 0 radical (unpaired) electrons. The third kappa shape index (κ3) is 4.55. The molecule has 1 aliphatic rings. The van der Waals surface area contributed by atoms with Gasteiger partial charge in [0.05, 0.1) is 23.4 Å². The van der Waals surface area contributed by atoms with E-state index in [-0.39, 0.29) is 6.61 Å². The molecular formula is C28H29N3O3. The second-order valence-electron chi connectivity index (χ2n) is 8.25. The maximum absolute atomic E-state index is 12.1. The van der Waals surface area contributed by atoms with Gasteiger partial charge in [0.2, 0.25) is 0 Å². The van der Waals surface area contributed by atoms with Crippen LogP contribution in [0.1, 0.15) is 44.7 Å². The van der Waals surface area contributed by atoms with E-state index >= 15 is 0 Å². The van der Waals surface area contributed by atoms with Gasteiger partial charge in [-0.3, -0.25) is 5.32 Å². The highest BCUT2D eigenvalue weighted by Crippen LogP contribution is 2.43. The number of carbonyl (C=O) groups is 1. The number of amides is 1. The topological polar surface area (TPSA) is 76.3 Å². The Kier molecular flexibility index (Phi) is 7.03. The summed E-state index contributed by atoms with van der Waals surface area (Å²) in [5.74, 6) is 0.763. The Morgan fingerprint density at radius 3 is 2.62 bits per heavy atom. The predicted octanol–water partition coefficient (Wildman–Crippen LogP) is 6.98. The summed E-state index contributed by atoms with van der Waals surface area (Å²) in [5, 5.41) is 13.8. The van der Waals surface area contributed by atoms with Gasteiger partial charge < -0.3 is 14.0 Å². The summed E-state index contributed by atoms with van der Waals surface area (Å²) in [6.45, 7) is 8.25. The normalized spacial score (nSPS) is 13.7. The number of nitrogens with zero attached hydrogens (tertiary/aromatic N) is 2. The molecular weight excluding hydrogens is 426 g/mol. The number of rotatable bonds is 8. The van der Waals surface area contributed by atoms with Crippen LogP contribution in [0.25, 0.3) is 22.2 Å². The number of aromatic nitrogens is 1. The molecule has 174 valence electrons. The smallest absolute Gasteiger partial charge is 0.411 e. The summed E-state index contributed by atoms with van der Waals surface area (Å²) >= 11 is 0. The highest BCUT2D eigenvalue weighted by atomic mass is 16.5. The van der Waals surface area contributed by atoms with Crippen molar-refractivity contribution in [2.24, 2.45) is 0 Å². The molecule has 0 saturated heterocycles. The fourth-order valence-electron chi connectivity index (χ4n) is 4.25.